The van der Waals surface area contributed by atoms with Crippen LogP contribution in [-0.2, 0) is 9.84 Å². The molecule has 90 valence electrons. The summed E-state index contributed by atoms with van der Waals surface area (Å²) in [5, 5.41) is 3.10. The summed E-state index contributed by atoms with van der Waals surface area (Å²) in [6.07, 6.45) is 1.23. The minimum Gasteiger partial charge on any atom is -0.397 e. The van der Waals surface area contributed by atoms with E-state index in [0.717, 1.165) is 11.3 Å². The number of nitrogen functional groups attached to an aromatic ring is 1. The predicted molar refractivity (Wildman–Crippen MR) is 68.4 cm³/mol. The monoisotopic (exact) mass is 242 g/mol. The van der Waals surface area contributed by atoms with E-state index in [-0.39, 0.29) is 11.8 Å². The second-order valence-corrected chi connectivity index (χ2v) is 6.36. The molecule has 0 aromatic heterocycles. The number of nitrogens with two attached hydrogens (primary N) is 1. The lowest BCUT2D eigenvalue weighted by atomic mass is 10.1. The molecule has 5 heteroatoms. The van der Waals surface area contributed by atoms with Gasteiger partial charge in [-0.25, -0.2) is 8.42 Å². The first-order chi connectivity index (χ1) is 7.29. The zero-order chi connectivity index (χ0) is 12.3. The number of rotatable bonds is 4. The van der Waals surface area contributed by atoms with Crippen LogP contribution in [0.3, 0.4) is 0 Å². The quantitative estimate of drug-likeness (QED) is 0.783. The molecule has 0 aliphatic heterocycles. The van der Waals surface area contributed by atoms with Crippen LogP contribution in [0.2, 0.25) is 0 Å². The number of para-hydroxylation sites is 1. The van der Waals surface area contributed by atoms with Gasteiger partial charge in [-0.3, -0.25) is 0 Å². The van der Waals surface area contributed by atoms with Gasteiger partial charge in [0.2, 0.25) is 0 Å². The maximum absolute atomic E-state index is 11.1. The fourth-order valence-corrected chi connectivity index (χ4v) is 2.56. The molecule has 0 amide bonds. The highest BCUT2D eigenvalue weighted by Gasteiger charge is 2.11. The van der Waals surface area contributed by atoms with Gasteiger partial charge in [0.05, 0.1) is 17.1 Å². The Morgan fingerprint density at radius 1 is 1.44 bits per heavy atom. The van der Waals surface area contributed by atoms with Crippen molar-refractivity contribution in [1.29, 1.82) is 0 Å². The third-order valence-electron chi connectivity index (χ3n) is 2.28. The summed E-state index contributed by atoms with van der Waals surface area (Å²) >= 11 is 0. The minimum absolute atomic E-state index is 0.0976. The van der Waals surface area contributed by atoms with E-state index in [1.165, 1.54) is 6.26 Å². The second kappa shape index (κ2) is 4.74. The molecule has 0 aliphatic rings. The highest BCUT2D eigenvalue weighted by molar-refractivity contribution is 7.90. The Hall–Kier alpha value is -1.23. The van der Waals surface area contributed by atoms with Crippen LogP contribution in [0.25, 0.3) is 0 Å². The lowest BCUT2D eigenvalue weighted by Gasteiger charge is -2.16. The van der Waals surface area contributed by atoms with Gasteiger partial charge in [-0.15, -0.1) is 0 Å². The summed E-state index contributed by atoms with van der Waals surface area (Å²) in [4.78, 5) is 0. The van der Waals surface area contributed by atoms with Crippen LogP contribution in [0.5, 0.6) is 0 Å². The van der Waals surface area contributed by atoms with Gasteiger partial charge < -0.3 is 11.1 Å². The smallest absolute Gasteiger partial charge is 0.149 e. The summed E-state index contributed by atoms with van der Waals surface area (Å²) in [6, 6.07) is 5.50. The number of aryl methyl sites for hydroxylation is 1. The maximum atomic E-state index is 11.1. The first kappa shape index (κ1) is 12.8. The van der Waals surface area contributed by atoms with Crippen LogP contribution in [0.4, 0.5) is 11.4 Å². The third kappa shape index (κ3) is 3.73. The van der Waals surface area contributed by atoms with E-state index in [1.807, 2.05) is 32.0 Å². The van der Waals surface area contributed by atoms with Gasteiger partial charge in [0, 0.05) is 12.3 Å². The molecule has 16 heavy (non-hydrogen) atoms. The molecule has 0 bridgehead atoms. The number of hydrogen-bond acceptors (Lipinski definition) is 4. The highest BCUT2D eigenvalue weighted by atomic mass is 32.2. The van der Waals surface area contributed by atoms with Crippen molar-refractivity contribution in [3.05, 3.63) is 23.8 Å². The van der Waals surface area contributed by atoms with Gasteiger partial charge in [0.25, 0.3) is 0 Å². The number of hydrogen-bond donors (Lipinski definition) is 2. The molecule has 0 saturated heterocycles. The number of benzene rings is 1. The molecule has 0 heterocycles. The van der Waals surface area contributed by atoms with Crippen molar-refractivity contribution in [3.63, 3.8) is 0 Å². The summed E-state index contributed by atoms with van der Waals surface area (Å²) < 4.78 is 22.2. The van der Waals surface area contributed by atoms with Crippen molar-refractivity contribution < 1.29 is 8.42 Å². The first-order valence-corrected chi connectivity index (χ1v) is 7.15. The van der Waals surface area contributed by atoms with Crippen LogP contribution in [0, 0.1) is 6.92 Å². The van der Waals surface area contributed by atoms with Crippen LogP contribution >= 0.6 is 0 Å². The molecular formula is C11H18N2O2S. The largest absolute Gasteiger partial charge is 0.397 e. The van der Waals surface area contributed by atoms with Crippen molar-refractivity contribution in [1.82, 2.24) is 0 Å². The normalized spacial score (nSPS) is 13.4. The van der Waals surface area contributed by atoms with Crippen LogP contribution in [0.15, 0.2) is 18.2 Å². The van der Waals surface area contributed by atoms with E-state index in [1.54, 1.807) is 0 Å². The fourth-order valence-electron chi connectivity index (χ4n) is 1.57. The maximum Gasteiger partial charge on any atom is 0.149 e. The molecule has 0 saturated carbocycles. The molecule has 1 atom stereocenters. The first-order valence-electron chi connectivity index (χ1n) is 5.09. The molecule has 4 nitrogen and oxygen atoms in total. The van der Waals surface area contributed by atoms with Gasteiger partial charge in [-0.05, 0) is 25.5 Å². The highest BCUT2D eigenvalue weighted by Crippen LogP contribution is 2.22. The van der Waals surface area contributed by atoms with E-state index < -0.39 is 9.84 Å². The molecule has 1 unspecified atom stereocenters. The van der Waals surface area contributed by atoms with Crippen molar-refractivity contribution in [2.75, 3.05) is 23.1 Å². The number of sulfone groups is 1. The Balaban J connectivity index is 2.77. The van der Waals surface area contributed by atoms with Crippen molar-refractivity contribution in [3.8, 4) is 0 Å². The molecule has 0 radical (unpaired) electrons. The third-order valence-corrected chi connectivity index (χ3v) is 3.38. The average Bonchev–Trinajstić information content (AvgIpc) is 2.09. The van der Waals surface area contributed by atoms with Gasteiger partial charge in [-0.2, -0.15) is 0 Å². The standard InChI is InChI=1S/C11H18N2O2S/c1-8-5-4-6-10(11(8)12)13-9(2)7-16(3,14)15/h4-6,9,13H,7,12H2,1-3H3. The Morgan fingerprint density at radius 3 is 2.62 bits per heavy atom. The summed E-state index contributed by atoms with van der Waals surface area (Å²) in [5.74, 6) is 0.0976. The molecule has 1 rings (SSSR count). The van der Waals surface area contributed by atoms with Crippen LogP contribution in [0.1, 0.15) is 12.5 Å². The predicted octanol–water partition coefficient (Wildman–Crippen LogP) is 1.42. The van der Waals surface area contributed by atoms with E-state index in [2.05, 4.69) is 5.32 Å². The molecule has 0 spiro atoms. The summed E-state index contributed by atoms with van der Waals surface area (Å²) in [6.45, 7) is 3.74. The lowest BCUT2D eigenvalue weighted by Crippen LogP contribution is -2.25. The van der Waals surface area contributed by atoms with Crippen molar-refractivity contribution >= 4 is 21.2 Å². The Labute approximate surface area is 96.8 Å². The zero-order valence-electron chi connectivity index (χ0n) is 9.82. The second-order valence-electron chi connectivity index (χ2n) is 4.17. The molecule has 0 aliphatic carbocycles. The molecule has 1 aromatic carbocycles. The number of anilines is 2. The SMILES string of the molecule is Cc1cccc(NC(C)CS(C)(=O)=O)c1N. The van der Waals surface area contributed by atoms with E-state index in [0.29, 0.717) is 5.69 Å². The lowest BCUT2D eigenvalue weighted by molar-refractivity contribution is 0.598. The Morgan fingerprint density at radius 2 is 2.06 bits per heavy atom. The van der Waals surface area contributed by atoms with Gasteiger partial charge >= 0.3 is 0 Å². The van der Waals surface area contributed by atoms with Crippen molar-refractivity contribution in [2.24, 2.45) is 0 Å². The zero-order valence-corrected chi connectivity index (χ0v) is 10.6. The van der Waals surface area contributed by atoms with E-state index >= 15 is 0 Å². The molecule has 0 fully saturated rings. The topological polar surface area (TPSA) is 72.2 Å². The van der Waals surface area contributed by atoms with Crippen LogP contribution < -0.4 is 11.1 Å². The fraction of sp³-hybridized carbons (Fsp3) is 0.455. The van der Waals surface area contributed by atoms with Crippen LogP contribution in [-0.4, -0.2) is 26.5 Å². The average molecular weight is 242 g/mol. The Bertz CT molecular complexity index is 469. The van der Waals surface area contributed by atoms with Gasteiger partial charge in [0.1, 0.15) is 9.84 Å². The molecule has 1 aromatic rings. The van der Waals surface area contributed by atoms with Crippen molar-refractivity contribution in [2.45, 2.75) is 19.9 Å². The summed E-state index contributed by atoms with van der Waals surface area (Å²) in [7, 11) is -2.97. The summed E-state index contributed by atoms with van der Waals surface area (Å²) in [5.41, 5.74) is 8.32. The van der Waals surface area contributed by atoms with Gasteiger partial charge in [0.15, 0.2) is 0 Å². The van der Waals surface area contributed by atoms with E-state index in [4.69, 9.17) is 5.73 Å². The molecular weight excluding hydrogens is 224 g/mol. The van der Waals surface area contributed by atoms with Gasteiger partial charge in [-0.1, -0.05) is 12.1 Å². The Kier molecular flexibility index (Phi) is 3.80. The molecule has 3 N–H and O–H groups in total. The minimum atomic E-state index is -2.97. The van der Waals surface area contributed by atoms with E-state index in [9.17, 15) is 8.42 Å². The number of nitrogens with one attached hydrogen (secondary N) is 1.